The van der Waals surface area contributed by atoms with Gasteiger partial charge in [-0.3, -0.25) is 0 Å². The Hall–Kier alpha value is -1.23. The van der Waals surface area contributed by atoms with E-state index in [0.29, 0.717) is 5.92 Å². The monoisotopic (exact) mass is 382 g/mol. The van der Waals surface area contributed by atoms with Gasteiger partial charge in [0.15, 0.2) is 0 Å². The summed E-state index contributed by atoms with van der Waals surface area (Å²) in [6.07, 6.45) is 1.65. The summed E-state index contributed by atoms with van der Waals surface area (Å²) in [4.78, 5) is 14.3. The first-order valence-corrected chi connectivity index (χ1v) is 8.94. The normalized spacial score (nSPS) is 25.3. The molecule has 0 bridgehead atoms. The van der Waals surface area contributed by atoms with Crippen LogP contribution in [0.1, 0.15) is 58.9 Å². The van der Waals surface area contributed by atoms with Gasteiger partial charge in [0.1, 0.15) is 5.60 Å². The van der Waals surface area contributed by atoms with Crippen LogP contribution in [0.2, 0.25) is 0 Å². The van der Waals surface area contributed by atoms with Crippen molar-refractivity contribution in [1.29, 1.82) is 0 Å². The molecule has 1 heterocycles. The SMILES string of the molecule is CC1CC(c2ccc(N)c(Br)c2)CC(C)N1C(=O)OC(C)(C)C. The number of carbonyl (C=O) groups is 1. The lowest BCUT2D eigenvalue weighted by Gasteiger charge is -2.43. The van der Waals surface area contributed by atoms with Crippen LogP contribution in [0.5, 0.6) is 0 Å². The fraction of sp³-hybridized carbons (Fsp3) is 0.611. The van der Waals surface area contributed by atoms with Crippen molar-refractivity contribution in [2.45, 2.75) is 71.1 Å². The van der Waals surface area contributed by atoms with E-state index in [-0.39, 0.29) is 18.2 Å². The van der Waals surface area contributed by atoms with E-state index in [0.717, 1.165) is 23.0 Å². The van der Waals surface area contributed by atoms with Gasteiger partial charge in [0.25, 0.3) is 0 Å². The maximum atomic E-state index is 12.5. The van der Waals surface area contributed by atoms with Crippen molar-refractivity contribution >= 4 is 27.7 Å². The maximum absolute atomic E-state index is 12.5. The highest BCUT2D eigenvalue weighted by Gasteiger charge is 2.36. The highest BCUT2D eigenvalue weighted by molar-refractivity contribution is 9.10. The van der Waals surface area contributed by atoms with Crippen molar-refractivity contribution in [3.63, 3.8) is 0 Å². The number of anilines is 1. The third kappa shape index (κ3) is 4.40. The van der Waals surface area contributed by atoms with Crippen LogP contribution in [0.15, 0.2) is 22.7 Å². The average Bonchev–Trinajstić information content (AvgIpc) is 2.38. The number of hydrogen-bond acceptors (Lipinski definition) is 3. The smallest absolute Gasteiger partial charge is 0.410 e. The molecule has 5 heteroatoms. The van der Waals surface area contributed by atoms with Crippen molar-refractivity contribution in [2.75, 3.05) is 5.73 Å². The molecule has 1 aliphatic heterocycles. The number of benzene rings is 1. The van der Waals surface area contributed by atoms with E-state index in [9.17, 15) is 4.79 Å². The molecular weight excluding hydrogens is 356 g/mol. The second-order valence-corrected chi connectivity index (χ2v) is 8.39. The highest BCUT2D eigenvalue weighted by atomic mass is 79.9. The number of amides is 1. The molecule has 0 saturated carbocycles. The summed E-state index contributed by atoms with van der Waals surface area (Å²) < 4.78 is 6.49. The number of nitrogens with two attached hydrogens (primary N) is 1. The molecule has 2 N–H and O–H groups in total. The van der Waals surface area contributed by atoms with Crippen LogP contribution in [0.3, 0.4) is 0 Å². The van der Waals surface area contributed by atoms with Gasteiger partial charge in [0.05, 0.1) is 0 Å². The van der Waals surface area contributed by atoms with Crippen molar-refractivity contribution in [3.8, 4) is 0 Å². The van der Waals surface area contributed by atoms with E-state index >= 15 is 0 Å². The summed E-state index contributed by atoms with van der Waals surface area (Å²) in [6, 6.07) is 6.43. The number of nitrogen functional groups attached to an aromatic ring is 1. The Labute approximate surface area is 147 Å². The molecule has 2 unspecified atom stereocenters. The Balaban J connectivity index is 2.12. The summed E-state index contributed by atoms with van der Waals surface area (Å²) in [5, 5.41) is 0. The fourth-order valence-corrected chi connectivity index (χ4v) is 3.72. The van der Waals surface area contributed by atoms with E-state index in [4.69, 9.17) is 10.5 Å². The van der Waals surface area contributed by atoms with Gasteiger partial charge in [-0.05, 0) is 87.0 Å². The van der Waals surface area contributed by atoms with Crippen molar-refractivity contribution in [2.24, 2.45) is 0 Å². The predicted molar refractivity (Wildman–Crippen MR) is 97.5 cm³/mol. The van der Waals surface area contributed by atoms with Crippen LogP contribution in [0.25, 0.3) is 0 Å². The lowest BCUT2D eigenvalue weighted by atomic mass is 9.82. The topological polar surface area (TPSA) is 55.6 Å². The van der Waals surface area contributed by atoms with Gasteiger partial charge in [0, 0.05) is 22.2 Å². The first-order valence-electron chi connectivity index (χ1n) is 8.14. The molecule has 0 aliphatic carbocycles. The number of hydrogen-bond donors (Lipinski definition) is 1. The Morgan fingerprint density at radius 2 is 1.83 bits per heavy atom. The van der Waals surface area contributed by atoms with Gasteiger partial charge < -0.3 is 15.4 Å². The molecule has 1 aliphatic rings. The second kappa shape index (κ2) is 6.71. The van der Waals surface area contributed by atoms with Crippen molar-refractivity contribution < 1.29 is 9.53 Å². The van der Waals surface area contributed by atoms with E-state index in [1.807, 2.05) is 31.7 Å². The van der Waals surface area contributed by atoms with Crippen molar-refractivity contribution in [3.05, 3.63) is 28.2 Å². The molecule has 0 spiro atoms. The van der Waals surface area contributed by atoms with E-state index < -0.39 is 5.60 Å². The Morgan fingerprint density at radius 1 is 1.26 bits per heavy atom. The second-order valence-electron chi connectivity index (χ2n) is 7.53. The minimum absolute atomic E-state index is 0.148. The largest absolute Gasteiger partial charge is 0.444 e. The lowest BCUT2D eigenvalue weighted by Crippen LogP contribution is -2.51. The average molecular weight is 383 g/mol. The molecule has 2 rings (SSSR count). The molecule has 1 amide bonds. The van der Waals surface area contributed by atoms with Gasteiger partial charge in [-0.1, -0.05) is 6.07 Å². The van der Waals surface area contributed by atoms with Crippen LogP contribution in [-0.4, -0.2) is 28.7 Å². The standard InChI is InChI=1S/C18H27BrN2O2/c1-11-8-14(13-6-7-16(20)15(19)10-13)9-12(2)21(11)17(22)23-18(3,4)5/h6-7,10-12,14H,8-9,20H2,1-5H3. The minimum Gasteiger partial charge on any atom is -0.444 e. The van der Waals surface area contributed by atoms with Crippen LogP contribution in [0, 0.1) is 0 Å². The molecular formula is C18H27BrN2O2. The van der Waals surface area contributed by atoms with Crippen LogP contribution < -0.4 is 5.73 Å². The number of piperidine rings is 1. The third-order valence-electron chi connectivity index (χ3n) is 4.30. The summed E-state index contributed by atoms with van der Waals surface area (Å²) in [5.74, 6) is 0.426. The van der Waals surface area contributed by atoms with Gasteiger partial charge >= 0.3 is 6.09 Å². The predicted octanol–water partition coefficient (Wildman–Crippen LogP) is 4.92. The van der Waals surface area contributed by atoms with E-state index in [1.165, 1.54) is 5.56 Å². The summed E-state index contributed by atoms with van der Waals surface area (Å²) in [6.45, 7) is 9.90. The van der Waals surface area contributed by atoms with Crippen LogP contribution >= 0.6 is 15.9 Å². The summed E-state index contributed by atoms with van der Waals surface area (Å²) >= 11 is 3.50. The molecule has 1 saturated heterocycles. The summed E-state index contributed by atoms with van der Waals surface area (Å²) in [5.41, 5.74) is 7.44. The zero-order valence-electron chi connectivity index (χ0n) is 14.6. The molecule has 4 nitrogen and oxygen atoms in total. The first-order chi connectivity index (χ1) is 10.6. The van der Waals surface area contributed by atoms with Gasteiger partial charge in [0.2, 0.25) is 0 Å². The molecule has 1 aromatic rings. The molecule has 0 radical (unpaired) electrons. The number of carbonyl (C=O) groups excluding carboxylic acids is 1. The number of likely N-dealkylation sites (tertiary alicyclic amines) is 1. The first kappa shape index (κ1) is 18.1. The van der Waals surface area contributed by atoms with Gasteiger partial charge in [-0.15, -0.1) is 0 Å². The van der Waals surface area contributed by atoms with Gasteiger partial charge in [-0.25, -0.2) is 4.79 Å². The van der Waals surface area contributed by atoms with Crippen LogP contribution in [-0.2, 0) is 4.74 Å². The number of rotatable bonds is 1. The Morgan fingerprint density at radius 3 is 2.30 bits per heavy atom. The maximum Gasteiger partial charge on any atom is 0.410 e. The number of ether oxygens (including phenoxy) is 1. The Bertz CT molecular complexity index is 571. The molecule has 1 aromatic carbocycles. The molecule has 0 aromatic heterocycles. The Kier molecular flexibility index (Phi) is 5.29. The van der Waals surface area contributed by atoms with Crippen molar-refractivity contribution in [1.82, 2.24) is 4.90 Å². The number of halogens is 1. The summed E-state index contributed by atoms with van der Waals surface area (Å²) in [7, 11) is 0. The van der Waals surface area contributed by atoms with E-state index in [1.54, 1.807) is 0 Å². The molecule has 23 heavy (non-hydrogen) atoms. The van der Waals surface area contributed by atoms with Crippen LogP contribution in [0.4, 0.5) is 10.5 Å². The molecule has 128 valence electrons. The number of nitrogens with zero attached hydrogens (tertiary/aromatic N) is 1. The van der Waals surface area contributed by atoms with Gasteiger partial charge in [-0.2, -0.15) is 0 Å². The fourth-order valence-electron chi connectivity index (χ4n) is 3.33. The third-order valence-corrected chi connectivity index (χ3v) is 4.99. The molecule has 2 atom stereocenters. The quantitative estimate of drug-likeness (QED) is 0.700. The lowest BCUT2D eigenvalue weighted by molar-refractivity contribution is -0.00254. The zero-order valence-corrected chi connectivity index (χ0v) is 16.2. The highest BCUT2D eigenvalue weighted by Crippen LogP contribution is 2.37. The molecule has 1 fully saturated rings. The van der Waals surface area contributed by atoms with E-state index in [2.05, 4.69) is 41.9 Å². The minimum atomic E-state index is -0.463. The zero-order chi connectivity index (χ0) is 17.4.